The highest BCUT2D eigenvalue weighted by molar-refractivity contribution is 7.16. The fourth-order valence-corrected chi connectivity index (χ4v) is 5.77. The molecule has 0 unspecified atom stereocenters. The first kappa shape index (κ1) is 21.2. The molecule has 1 aromatic heterocycles. The van der Waals surface area contributed by atoms with Gasteiger partial charge in [-0.3, -0.25) is 4.79 Å². The first-order valence-corrected chi connectivity index (χ1v) is 11.7. The first-order valence-electron chi connectivity index (χ1n) is 10.9. The predicted octanol–water partition coefficient (Wildman–Crippen LogP) is 5.26. The Bertz CT molecular complexity index is 1140. The topological polar surface area (TPSA) is 79.9 Å². The van der Waals surface area contributed by atoms with E-state index in [1.165, 1.54) is 40.3 Å². The van der Waals surface area contributed by atoms with Crippen LogP contribution >= 0.6 is 11.3 Å². The molecule has 0 spiro atoms. The van der Waals surface area contributed by atoms with Crippen LogP contribution in [-0.2, 0) is 17.6 Å². The Hall–Kier alpha value is -3.09. The van der Waals surface area contributed by atoms with Gasteiger partial charge in [0.25, 0.3) is 5.91 Å². The molecule has 0 radical (unpaired) electrons. The minimum atomic E-state index is -0.460. The van der Waals surface area contributed by atoms with Crippen LogP contribution in [0.4, 0.5) is 10.7 Å². The maximum absolute atomic E-state index is 12.9. The van der Waals surface area contributed by atoms with Gasteiger partial charge >= 0.3 is 0 Å². The van der Waals surface area contributed by atoms with Crippen molar-refractivity contribution < 1.29 is 4.79 Å². The molecule has 6 heteroatoms. The highest BCUT2D eigenvalue weighted by Gasteiger charge is 2.23. The van der Waals surface area contributed by atoms with E-state index in [9.17, 15) is 15.3 Å². The number of hydrogen-bond acceptors (Lipinski definition) is 5. The van der Waals surface area contributed by atoms with Crippen molar-refractivity contribution in [3.05, 3.63) is 50.4 Å². The molecule has 2 aromatic rings. The zero-order valence-electron chi connectivity index (χ0n) is 18.0. The van der Waals surface area contributed by atoms with Crippen LogP contribution in [0.5, 0.6) is 0 Å². The third kappa shape index (κ3) is 4.09. The van der Waals surface area contributed by atoms with E-state index in [1.54, 1.807) is 6.08 Å². The van der Waals surface area contributed by atoms with Crippen LogP contribution in [-0.4, -0.2) is 19.0 Å². The van der Waals surface area contributed by atoms with Crippen LogP contribution in [0, 0.1) is 36.5 Å². The van der Waals surface area contributed by atoms with Gasteiger partial charge in [0, 0.05) is 23.7 Å². The number of thiophene rings is 1. The largest absolute Gasteiger partial charge is 0.371 e. The Balaban J connectivity index is 1.60. The summed E-state index contributed by atoms with van der Waals surface area (Å²) in [5.41, 5.74) is 6.05. The van der Waals surface area contributed by atoms with Crippen molar-refractivity contribution in [3.63, 3.8) is 0 Å². The molecule has 1 fully saturated rings. The van der Waals surface area contributed by atoms with Crippen molar-refractivity contribution in [3.8, 4) is 12.1 Å². The van der Waals surface area contributed by atoms with Gasteiger partial charge in [-0.05, 0) is 86.8 Å². The second kappa shape index (κ2) is 8.96. The highest BCUT2D eigenvalue weighted by Crippen LogP contribution is 2.38. The molecule has 0 atom stereocenters. The molecule has 1 aliphatic carbocycles. The molecule has 4 rings (SSSR count). The normalized spacial score (nSPS) is 15.9. The standard InChI is InChI=1S/C25H26N4OS/c1-16-17(2)22(29-11-5-6-12-29)10-9-18(16)13-19(14-26)24(30)28-25-21(15-27)20-7-3-4-8-23(20)31-25/h9-10,13H,3-8,11-12H2,1-2H3,(H,28,30)/b19-13+. The third-order valence-corrected chi connectivity index (χ3v) is 7.63. The number of benzene rings is 1. The number of nitrogens with one attached hydrogen (secondary N) is 1. The Labute approximate surface area is 187 Å². The van der Waals surface area contributed by atoms with E-state index in [1.807, 2.05) is 19.1 Å². The van der Waals surface area contributed by atoms with Gasteiger partial charge < -0.3 is 10.2 Å². The summed E-state index contributed by atoms with van der Waals surface area (Å²) in [7, 11) is 0. The molecule has 31 heavy (non-hydrogen) atoms. The lowest BCUT2D eigenvalue weighted by Crippen LogP contribution is -2.19. The summed E-state index contributed by atoms with van der Waals surface area (Å²) in [4.78, 5) is 16.5. The number of nitrogens with zero attached hydrogens (tertiary/aromatic N) is 3. The van der Waals surface area contributed by atoms with Crippen molar-refractivity contribution >= 4 is 34.0 Å². The van der Waals surface area contributed by atoms with Gasteiger partial charge in [0.05, 0.1) is 5.56 Å². The Morgan fingerprint density at radius 1 is 1.10 bits per heavy atom. The van der Waals surface area contributed by atoms with Crippen LogP contribution in [0.15, 0.2) is 17.7 Å². The van der Waals surface area contributed by atoms with Crippen molar-refractivity contribution in [2.24, 2.45) is 0 Å². The van der Waals surface area contributed by atoms with E-state index in [0.717, 1.165) is 55.5 Å². The number of hydrogen-bond donors (Lipinski definition) is 1. The quantitative estimate of drug-likeness (QED) is 0.530. The zero-order valence-corrected chi connectivity index (χ0v) is 18.9. The summed E-state index contributed by atoms with van der Waals surface area (Å²) in [6.07, 6.45) is 8.11. The lowest BCUT2D eigenvalue weighted by atomic mass is 9.96. The maximum atomic E-state index is 12.9. The molecule has 2 heterocycles. The van der Waals surface area contributed by atoms with Crippen LogP contribution in [0.1, 0.15) is 58.4 Å². The molecule has 1 amide bonds. The Kier molecular flexibility index (Phi) is 6.11. The number of anilines is 2. The summed E-state index contributed by atoms with van der Waals surface area (Å²) in [6.45, 7) is 6.29. The minimum absolute atomic E-state index is 0.0479. The average molecular weight is 431 g/mol. The molecule has 2 aliphatic rings. The monoisotopic (exact) mass is 430 g/mol. The van der Waals surface area contributed by atoms with Crippen LogP contribution in [0.3, 0.4) is 0 Å². The highest BCUT2D eigenvalue weighted by atomic mass is 32.1. The predicted molar refractivity (Wildman–Crippen MR) is 125 cm³/mol. The number of rotatable bonds is 4. The summed E-state index contributed by atoms with van der Waals surface area (Å²) in [5.74, 6) is -0.460. The summed E-state index contributed by atoms with van der Waals surface area (Å²) >= 11 is 1.47. The Morgan fingerprint density at radius 3 is 2.55 bits per heavy atom. The van der Waals surface area contributed by atoms with Gasteiger partial charge in [0.15, 0.2) is 0 Å². The molecule has 1 saturated heterocycles. The van der Waals surface area contributed by atoms with E-state index in [-0.39, 0.29) is 5.57 Å². The molecule has 5 nitrogen and oxygen atoms in total. The number of amides is 1. The van der Waals surface area contributed by atoms with Crippen molar-refractivity contribution in [2.75, 3.05) is 23.3 Å². The molecule has 1 aliphatic heterocycles. The van der Waals surface area contributed by atoms with E-state index in [4.69, 9.17) is 0 Å². The maximum Gasteiger partial charge on any atom is 0.266 e. The Morgan fingerprint density at radius 2 is 1.84 bits per heavy atom. The fraction of sp³-hybridized carbons (Fsp3) is 0.400. The van der Waals surface area contributed by atoms with Gasteiger partial charge in [-0.1, -0.05) is 6.07 Å². The van der Waals surface area contributed by atoms with Gasteiger partial charge in [-0.2, -0.15) is 10.5 Å². The first-order chi connectivity index (χ1) is 15.0. The molecule has 158 valence electrons. The number of carbonyl (C=O) groups excluding carboxylic acids is 1. The van der Waals surface area contributed by atoms with E-state index in [2.05, 4.69) is 29.3 Å². The van der Waals surface area contributed by atoms with Crippen LogP contribution in [0.2, 0.25) is 0 Å². The van der Waals surface area contributed by atoms with Crippen LogP contribution in [0.25, 0.3) is 6.08 Å². The molecule has 0 saturated carbocycles. The second-order valence-corrected chi connectivity index (χ2v) is 9.37. The van der Waals surface area contributed by atoms with E-state index < -0.39 is 5.91 Å². The van der Waals surface area contributed by atoms with E-state index in [0.29, 0.717) is 10.6 Å². The third-order valence-electron chi connectivity index (χ3n) is 6.42. The summed E-state index contributed by atoms with van der Waals surface area (Å²) < 4.78 is 0. The van der Waals surface area contributed by atoms with Crippen molar-refractivity contribution in [1.82, 2.24) is 0 Å². The van der Waals surface area contributed by atoms with Gasteiger partial charge in [-0.15, -0.1) is 11.3 Å². The van der Waals surface area contributed by atoms with Gasteiger partial charge in [0.1, 0.15) is 22.7 Å². The number of fused-ring (bicyclic) bond motifs is 1. The number of aryl methyl sites for hydroxylation is 1. The van der Waals surface area contributed by atoms with Gasteiger partial charge in [-0.25, -0.2) is 0 Å². The molecular weight excluding hydrogens is 404 g/mol. The summed E-state index contributed by atoms with van der Waals surface area (Å²) in [6, 6.07) is 8.38. The van der Waals surface area contributed by atoms with Crippen molar-refractivity contribution in [2.45, 2.75) is 52.4 Å². The fourth-order valence-electron chi connectivity index (χ4n) is 4.53. The minimum Gasteiger partial charge on any atom is -0.371 e. The molecular formula is C25H26N4OS. The lowest BCUT2D eigenvalue weighted by Gasteiger charge is -2.22. The smallest absolute Gasteiger partial charge is 0.266 e. The molecule has 1 N–H and O–H groups in total. The number of carbonyl (C=O) groups is 1. The number of nitriles is 2. The SMILES string of the molecule is Cc1c(/C=C(\C#N)C(=O)Nc2sc3c(c2C#N)CCCC3)ccc(N2CCCC2)c1C. The molecule has 1 aromatic carbocycles. The zero-order chi connectivity index (χ0) is 22.0. The van der Waals surface area contributed by atoms with Crippen molar-refractivity contribution in [1.29, 1.82) is 10.5 Å². The van der Waals surface area contributed by atoms with Crippen LogP contribution < -0.4 is 10.2 Å². The average Bonchev–Trinajstić information content (AvgIpc) is 3.42. The second-order valence-electron chi connectivity index (χ2n) is 8.27. The van der Waals surface area contributed by atoms with E-state index >= 15 is 0 Å². The molecule has 0 bridgehead atoms. The lowest BCUT2D eigenvalue weighted by molar-refractivity contribution is -0.112. The van der Waals surface area contributed by atoms with Gasteiger partial charge in [0.2, 0.25) is 0 Å². The summed E-state index contributed by atoms with van der Waals surface area (Å²) in [5, 5.41) is 22.7.